The van der Waals surface area contributed by atoms with E-state index in [9.17, 15) is 0 Å². The van der Waals surface area contributed by atoms with Crippen LogP contribution in [-0.2, 0) is 0 Å². The van der Waals surface area contributed by atoms with Crippen LogP contribution in [0.5, 0.6) is 0 Å². The van der Waals surface area contributed by atoms with Crippen LogP contribution in [0.3, 0.4) is 0 Å². The zero-order chi connectivity index (χ0) is 10.2. The second kappa shape index (κ2) is 3.84. The Morgan fingerprint density at radius 3 is 2.50 bits per heavy atom. The maximum Gasteiger partial charge on any atom is 0.0146 e. The van der Waals surface area contributed by atoms with Crippen LogP contribution in [0.25, 0.3) is 0 Å². The van der Waals surface area contributed by atoms with Crippen molar-refractivity contribution in [1.82, 2.24) is 5.32 Å². The van der Waals surface area contributed by atoms with Crippen LogP contribution < -0.4 is 5.32 Å². The molecule has 0 aromatic heterocycles. The minimum absolute atomic E-state index is 0.649. The fraction of sp³-hybridized carbons (Fsp3) is 1.00. The van der Waals surface area contributed by atoms with E-state index in [1.165, 1.54) is 38.5 Å². The molecular formula is C13H25N. The summed E-state index contributed by atoms with van der Waals surface area (Å²) in [5.74, 6) is 1.92. The van der Waals surface area contributed by atoms with E-state index in [1.54, 1.807) is 0 Å². The largest absolute Gasteiger partial charge is 0.316 e. The minimum atomic E-state index is 0.649. The molecule has 2 rings (SSSR count). The van der Waals surface area contributed by atoms with E-state index >= 15 is 0 Å². The Labute approximate surface area is 88.7 Å². The van der Waals surface area contributed by atoms with E-state index in [-0.39, 0.29) is 0 Å². The Morgan fingerprint density at radius 2 is 2.00 bits per heavy atom. The molecule has 2 aliphatic rings. The third-order valence-corrected chi connectivity index (χ3v) is 4.55. The third-order valence-electron chi connectivity index (χ3n) is 4.55. The lowest BCUT2D eigenvalue weighted by molar-refractivity contribution is 0.180. The highest BCUT2D eigenvalue weighted by Gasteiger charge is 2.47. The molecule has 3 atom stereocenters. The summed E-state index contributed by atoms with van der Waals surface area (Å²) in [6, 6.07) is 0.797. The Bertz CT molecular complexity index is 195. The van der Waals surface area contributed by atoms with Crippen LogP contribution in [0.15, 0.2) is 0 Å². The van der Waals surface area contributed by atoms with Crippen molar-refractivity contribution in [2.24, 2.45) is 17.3 Å². The van der Waals surface area contributed by atoms with Gasteiger partial charge in [-0.2, -0.15) is 0 Å². The van der Waals surface area contributed by atoms with Crippen LogP contribution >= 0.6 is 0 Å². The molecule has 0 aliphatic heterocycles. The van der Waals surface area contributed by atoms with Gasteiger partial charge in [0.15, 0.2) is 0 Å². The lowest BCUT2D eigenvalue weighted by Gasteiger charge is -2.36. The molecule has 2 saturated carbocycles. The van der Waals surface area contributed by atoms with Gasteiger partial charge in [-0.3, -0.25) is 0 Å². The fourth-order valence-electron chi connectivity index (χ4n) is 3.45. The zero-order valence-electron chi connectivity index (χ0n) is 9.97. The molecule has 0 amide bonds. The van der Waals surface area contributed by atoms with Crippen molar-refractivity contribution in [2.75, 3.05) is 7.05 Å². The van der Waals surface area contributed by atoms with Crippen molar-refractivity contribution in [3.63, 3.8) is 0 Å². The van der Waals surface area contributed by atoms with Gasteiger partial charge in [-0.25, -0.2) is 0 Å². The van der Waals surface area contributed by atoms with Gasteiger partial charge < -0.3 is 5.32 Å². The monoisotopic (exact) mass is 195 g/mol. The first-order valence-electron chi connectivity index (χ1n) is 6.33. The fourth-order valence-corrected chi connectivity index (χ4v) is 3.45. The van der Waals surface area contributed by atoms with Crippen LogP contribution in [0.1, 0.15) is 52.4 Å². The molecule has 0 radical (unpaired) electrons. The van der Waals surface area contributed by atoms with Gasteiger partial charge in [0, 0.05) is 6.04 Å². The van der Waals surface area contributed by atoms with Gasteiger partial charge in [0.05, 0.1) is 0 Å². The highest BCUT2D eigenvalue weighted by Crippen LogP contribution is 2.52. The van der Waals surface area contributed by atoms with E-state index < -0.39 is 0 Å². The molecule has 1 heteroatoms. The van der Waals surface area contributed by atoms with Gasteiger partial charge in [-0.15, -0.1) is 0 Å². The van der Waals surface area contributed by atoms with Crippen LogP contribution in [-0.4, -0.2) is 13.1 Å². The number of nitrogens with one attached hydrogen (secondary N) is 1. The summed E-state index contributed by atoms with van der Waals surface area (Å²) in [5.41, 5.74) is 0.649. The van der Waals surface area contributed by atoms with Gasteiger partial charge in [0.25, 0.3) is 0 Å². The normalized spacial score (nSPS) is 37.9. The van der Waals surface area contributed by atoms with E-state index in [2.05, 4.69) is 26.2 Å². The quantitative estimate of drug-likeness (QED) is 0.729. The molecule has 3 unspecified atom stereocenters. The number of hydrogen-bond donors (Lipinski definition) is 1. The molecule has 2 fully saturated rings. The van der Waals surface area contributed by atoms with Crippen LogP contribution in [0.2, 0.25) is 0 Å². The predicted octanol–water partition coefficient (Wildman–Crippen LogP) is 3.20. The van der Waals surface area contributed by atoms with Crippen molar-refractivity contribution in [1.29, 1.82) is 0 Å². The highest BCUT2D eigenvalue weighted by molar-refractivity contribution is 5.01. The summed E-state index contributed by atoms with van der Waals surface area (Å²) in [7, 11) is 2.16. The molecule has 2 aliphatic carbocycles. The standard InChI is InChI=1S/C13H25N/c1-10-5-4-6-11(9-10)12(14-3)13(2)7-8-13/h10-12,14H,4-9H2,1-3H3. The maximum atomic E-state index is 3.59. The van der Waals surface area contributed by atoms with E-state index in [0.717, 1.165) is 17.9 Å². The summed E-state index contributed by atoms with van der Waals surface area (Å²) in [4.78, 5) is 0. The van der Waals surface area contributed by atoms with Crippen LogP contribution in [0, 0.1) is 17.3 Å². The Kier molecular flexibility index (Phi) is 2.88. The topological polar surface area (TPSA) is 12.0 Å². The number of rotatable bonds is 3. The minimum Gasteiger partial charge on any atom is -0.316 e. The second-order valence-electron chi connectivity index (χ2n) is 5.95. The molecule has 0 spiro atoms. The van der Waals surface area contributed by atoms with Crippen molar-refractivity contribution in [2.45, 2.75) is 58.4 Å². The molecule has 0 aromatic carbocycles. The third kappa shape index (κ3) is 1.98. The van der Waals surface area contributed by atoms with E-state index in [1.807, 2.05) is 0 Å². The zero-order valence-corrected chi connectivity index (χ0v) is 9.97. The average Bonchev–Trinajstić information content (AvgIpc) is 2.85. The second-order valence-corrected chi connectivity index (χ2v) is 5.95. The summed E-state index contributed by atoms with van der Waals surface area (Å²) in [6.07, 6.45) is 8.74. The van der Waals surface area contributed by atoms with Crippen molar-refractivity contribution >= 4 is 0 Å². The molecule has 1 N–H and O–H groups in total. The van der Waals surface area contributed by atoms with Crippen molar-refractivity contribution in [3.8, 4) is 0 Å². The summed E-state index contributed by atoms with van der Waals surface area (Å²) in [6.45, 7) is 4.89. The van der Waals surface area contributed by atoms with E-state index in [0.29, 0.717) is 5.41 Å². The van der Waals surface area contributed by atoms with Crippen LogP contribution in [0.4, 0.5) is 0 Å². The summed E-state index contributed by atoms with van der Waals surface area (Å²) < 4.78 is 0. The van der Waals surface area contributed by atoms with Gasteiger partial charge in [-0.1, -0.05) is 26.7 Å². The molecule has 14 heavy (non-hydrogen) atoms. The lowest BCUT2D eigenvalue weighted by Crippen LogP contribution is -2.42. The van der Waals surface area contributed by atoms with Crippen molar-refractivity contribution in [3.05, 3.63) is 0 Å². The van der Waals surface area contributed by atoms with Gasteiger partial charge in [0.1, 0.15) is 0 Å². The molecule has 0 saturated heterocycles. The first-order chi connectivity index (χ1) is 6.65. The van der Waals surface area contributed by atoms with Gasteiger partial charge >= 0.3 is 0 Å². The maximum absolute atomic E-state index is 3.59. The first kappa shape index (κ1) is 10.5. The predicted molar refractivity (Wildman–Crippen MR) is 61.3 cm³/mol. The molecule has 0 bridgehead atoms. The molecule has 1 nitrogen and oxygen atoms in total. The smallest absolute Gasteiger partial charge is 0.0146 e. The summed E-state index contributed by atoms with van der Waals surface area (Å²) >= 11 is 0. The SMILES string of the molecule is CNC(C1CCCC(C)C1)C1(C)CC1. The number of hydrogen-bond acceptors (Lipinski definition) is 1. The summed E-state index contributed by atoms with van der Waals surface area (Å²) in [5, 5.41) is 3.59. The van der Waals surface area contributed by atoms with E-state index in [4.69, 9.17) is 0 Å². The van der Waals surface area contributed by atoms with Gasteiger partial charge in [-0.05, 0) is 50.0 Å². The highest BCUT2D eigenvalue weighted by atomic mass is 14.9. The Hall–Kier alpha value is -0.0400. The lowest BCUT2D eigenvalue weighted by atomic mass is 9.74. The Morgan fingerprint density at radius 1 is 1.29 bits per heavy atom. The van der Waals surface area contributed by atoms with Crippen molar-refractivity contribution < 1.29 is 0 Å². The van der Waals surface area contributed by atoms with Gasteiger partial charge in [0.2, 0.25) is 0 Å². The molecule has 0 heterocycles. The average molecular weight is 195 g/mol. The molecule has 0 aromatic rings. The molecule has 82 valence electrons. The molecular weight excluding hydrogens is 170 g/mol. The first-order valence-corrected chi connectivity index (χ1v) is 6.33. The Balaban J connectivity index is 1.97.